The van der Waals surface area contributed by atoms with Crippen molar-refractivity contribution in [2.75, 3.05) is 0 Å². The van der Waals surface area contributed by atoms with Crippen molar-refractivity contribution in [3.8, 4) is 28.5 Å². The van der Waals surface area contributed by atoms with Crippen molar-refractivity contribution < 1.29 is 4.74 Å². The van der Waals surface area contributed by atoms with Gasteiger partial charge in [-0.25, -0.2) is 0 Å². The van der Waals surface area contributed by atoms with Gasteiger partial charge in [-0.1, -0.05) is 41.9 Å². The van der Waals surface area contributed by atoms with Crippen LogP contribution in [0.4, 0.5) is 0 Å². The Labute approximate surface area is 140 Å². The zero-order chi connectivity index (χ0) is 16.2. The number of hydrogen-bond donors (Lipinski definition) is 0. The van der Waals surface area contributed by atoms with Gasteiger partial charge < -0.3 is 4.74 Å². The van der Waals surface area contributed by atoms with Gasteiger partial charge in [0.25, 0.3) is 0 Å². The third-order valence-electron chi connectivity index (χ3n) is 3.15. The fourth-order valence-corrected chi connectivity index (χ4v) is 2.24. The second-order valence-corrected chi connectivity index (χ2v) is 5.77. The van der Waals surface area contributed by atoms with E-state index in [0.717, 1.165) is 11.1 Å². The van der Waals surface area contributed by atoms with Gasteiger partial charge in [-0.3, -0.25) is 0 Å². The van der Waals surface area contributed by atoms with E-state index in [2.05, 4.69) is 15.2 Å². The molecular weight excluding hydrogens is 310 g/mol. The Morgan fingerprint density at radius 2 is 1.57 bits per heavy atom. The summed E-state index contributed by atoms with van der Waals surface area (Å²) in [5.41, 5.74) is 2.40. The van der Waals surface area contributed by atoms with Gasteiger partial charge in [0.2, 0.25) is 5.88 Å². The number of nitrogens with zero attached hydrogens (tertiary/aromatic N) is 3. The first-order valence-corrected chi connectivity index (χ1v) is 7.74. The molecule has 0 aliphatic heterocycles. The highest BCUT2D eigenvalue weighted by atomic mass is 35.5. The topological polar surface area (TPSA) is 47.9 Å². The summed E-state index contributed by atoms with van der Waals surface area (Å²) in [4.78, 5) is 4.55. The Balaban J connectivity index is 2.06. The number of aromatic nitrogens is 3. The van der Waals surface area contributed by atoms with Crippen molar-refractivity contribution in [2.24, 2.45) is 0 Å². The summed E-state index contributed by atoms with van der Waals surface area (Å²) < 4.78 is 5.85. The van der Waals surface area contributed by atoms with Crippen LogP contribution in [0.15, 0.2) is 54.6 Å². The minimum atomic E-state index is -0.00719. The first-order chi connectivity index (χ1) is 11.1. The fourth-order valence-electron chi connectivity index (χ4n) is 2.12. The van der Waals surface area contributed by atoms with Crippen LogP contribution in [0.5, 0.6) is 5.88 Å². The molecule has 0 aliphatic carbocycles. The van der Waals surface area contributed by atoms with Crippen molar-refractivity contribution in [3.63, 3.8) is 0 Å². The normalized spacial score (nSPS) is 10.8. The van der Waals surface area contributed by atoms with E-state index in [1.54, 1.807) is 12.1 Å². The summed E-state index contributed by atoms with van der Waals surface area (Å²) in [5, 5.41) is 9.24. The highest BCUT2D eigenvalue weighted by molar-refractivity contribution is 6.30. The molecule has 4 nitrogen and oxygen atoms in total. The van der Waals surface area contributed by atoms with E-state index in [9.17, 15) is 0 Å². The molecule has 0 bridgehead atoms. The monoisotopic (exact) mass is 325 g/mol. The van der Waals surface area contributed by atoms with Crippen molar-refractivity contribution in [3.05, 3.63) is 59.6 Å². The lowest BCUT2D eigenvalue weighted by Gasteiger charge is -2.13. The lowest BCUT2D eigenvalue weighted by atomic mass is 10.1. The van der Waals surface area contributed by atoms with E-state index in [1.165, 1.54) is 0 Å². The van der Waals surface area contributed by atoms with Crippen LogP contribution < -0.4 is 4.74 Å². The molecule has 3 rings (SSSR count). The quantitative estimate of drug-likeness (QED) is 0.700. The standard InChI is InChI=1S/C18H16ClN3O/c1-12(2)23-18-16(13-6-4-3-5-7-13)21-22-17(20-18)14-8-10-15(19)11-9-14/h3-12H,1-2H3. The number of benzene rings is 2. The summed E-state index contributed by atoms with van der Waals surface area (Å²) in [6, 6.07) is 17.1. The van der Waals surface area contributed by atoms with Crippen LogP contribution >= 0.6 is 11.6 Å². The van der Waals surface area contributed by atoms with Gasteiger partial charge in [-0.15, -0.1) is 10.2 Å². The number of ether oxygens (including phenoxy) is 1. The first kappa shape index (κ1) is 15.4. The number of rotatable bonds is 4. The summed E-state index contributed by atoms with van der Waals surface area (Å²) in [6.07, 6.45) is -0.00719. The molecule has 0 radical (unpaired) electrons. The van der Waals surface area contributed by atoms with E-state index < -0.39 is 0 Å². The molecule has 0 saturated heterocycles. The molecule has 23 heavy (non-hydrogen) atoms. The average molecular weight is 326 g/mol. The minimum absolute atomic E-state index is 0.00719. The van der Waals surface area contributed by atoms with Crippen molar-refractivity contribution in [2.45, 2.75) is 20.0 Å². The van der Waals surface area contributed by atoms with Gasteiger partial charge in [-0.2, -0.15) is 4.98 Å². The van der Waals surface area contributed by atoms with Crippen LogP contribution in [0.1, 0.15) is 13.8 Å². The van der Waals surface area contributed by atoms with E-state index >= 15 is 0 Å². The number of hydrogen-bond acceptors (Lipinski definition) is 4. The summed E-state index contributed by atoms with van der Waals surface area (Å²) >= 11 is 5.92. The van der Waals surface area contributed by atoms with Crippen molar-refractivity contribution in [1.82, 2.24) is 15.2 Å². The maximum atomic E-state index is 5.92. The molecule has 0 spiro atoms. The summed E-state index contributed by atoms with van der Waals surface area (Å²) in [7, 11) is 0. The molecule has 0 atom stereocenters. The Hall–Kier alpha value is -2.46. The van der Waals surface area contributed by atoms with Gasteiger partial charge in [-0.05, 0) is 38.1 Å². The van der Waals surface area contributed by atoms with Crippen LogP contribution in [-0.2, 0) is 0 Å². The molecule has 5 heteroatoms. The zero-order valence-corrected chi connectivity index (χ0v) is 13.7. The minimum Gasteiger partial charge on any atom is -0.473 e. The molecule has 0 saturated carbocycles. The molecule has 0 amide bonds. The van der Waals surface area contributed by atoms with Gasteiger partial charge in [0.05, 0.1) is 6.10 Å². The van der Waals surface area contributed by atoms with Crippen LogP contribution in [0.2, 0.25) is 5.02 Å². The van der Waals surface area contributed by atoms with E-state index in [0.29, 0.717) is 22.4 Å². The molecule has 0 aliphatic rings. The summed E-state index contributed by atoms with van der Waals surface area (Å²) in [6.45, 7) is 3.91. The van der Waals surface area contributed by atoms with Gasteiger partial charge in [0.15, 0.2) is 11.5 Å². The Morgan fingerprint density at radius 1 is 0.870 bits per heavy atom. The number of halogens is 1. The average Bonchev–Trinajstić information content (AvgIpc) is 2.56. The maximum absolute atomic E-state index is 5.92. The molecule has 1 heterocycles. The molecular formula is C18H16ClN3O. The largest absolute Gasteiger partial charge is 0.473 e. The highest BCUT2D eigenvalue weighted by Crippen LogP contribution is 2.28. The molecule has 3 aromatic rings. The van der Waals surface area contributed by atoms with Crippen LogP contribution in [-0.4, -0.2) is 21.3 Å². The Morgan fingerprint density at radius 3 is 2.22 bits per heavy atom. The third kappa shape index (κ3) is 3.66. The second kappa shape index (κ2) is 6.75. The summed E-state index contributed by atoms with van der Waals surface area (Å²) in [5.74, 6) is 0.989. The Bertz CT molecular complexity index is 789. The molecule has 0 unspecified atom stereocenters. The van der Waals surface area contributed by atoms with Gasteiger partial charge >= 0.3 is 0 Å². The Kier molecular flexibility index (Phi) is 4.53. The van der Waals surface area contributed by atoms with Crippen LogP contribution in [0.25, 0.3) is 22.6 Å². The molecule has 2 aromatic carbocycles. The smallest absolute Gasteiger partial charge is 0.244 e. The van der Waals surface area contributed by atoms with Gasteiger partial charge in [0, 0.05) is 16.1 Å². The molecule has 0 N–H and O–H groups in total. The zero-order valence-electron chi connectivity index (χ0n) is 12.9. The first-order valence-electron chi connectivity index (χ1n) is 7.36. The van der Waals surface area contributed by atoms with E-state index in [-0.39, 0.29) is 6.10 Å². The molecule has 116 valence electrons. The SMILES string of the molecule is CC(C)Oc1nc(-c2ccc(Cl)cc2)nnc1-c1ccccc1. The lowest BCUT2D eigenvalue weighted by molar-refractivity contribution is 0.232. The van der Waals surface area contributed by atoms with E-state index in [4.69, 9.17) is 16.3 Å². The third-order valence-corrected chi connectivity index (χ3v) is 3.40. The highest BCUT2D eigenvalue weighted by Gasteiger charge is 2.15. The fraction of sp³-hybridized carbons (Fsp3) is 0.167. The predicted octanol–water partition coefficient (Wildman–Crippen LogP) is 4.65. The van der Waals surface area contributed by atoms with E-state index in [1.807, 2.05) is 56.3 Å². The molecule has 0 fully saturated rings. The maximum Gasteiger partial charge on any atom is 0.244 e. The second-order valence-electron chi connectivity index (χ2n) is 5.33. The van der Waals surface area contributed by atoms with Crippen molar-refractivity contribution >= 4 is 11.6 Å². The van der Waals surface area contributed by atoms with Crippen molar-refractivity contribution in [1.29, 1.82) is 0 Å². The molecule has 1 aromatic heterocycles. The van der Waals surface area contributed by atoms with Gasteiger partial charge in [0.1, 0.15) is 0 Å². The van der Waals surface area contributed by atoms with Crippen LogP contribution in [0.3, 0.4) is 0 Å². The lowest BCUT2D eigenvalue weighted by Crippen LogP contribution is -2.10. The van der Waals surface area contributed by atoms with Crippen LogP contribution in [0, 0.1) is 0 Å². The predicted molar refractivity (Wildman–Crippen MR) is 91.5 cm³/mol.